The molecule has 6 rings (SSSR count). The van der Waals surface area contributed by atoms with Gasteiger partial charge in [-0.05, 0) is 84.8 Å². The van der Waals surface area contributed by atoms with Crippen LogP contribution in [-0.4, -0.2) is 0 Å². The second-order valence-electron chi connectivity index (χ2n) is 8.68. The summed E-state index contributed by atoms with van der Waals surface area (Å²) in [6.45, 7) is 6.17. The van der Waals surface area contributed by atoms with Gasteiger partial charge in [0.25, 0.3) is 0 Å². The van der Waals surface area contributed by atoms with Crippen LogP contribution in [0.25, 0.3) is 60.6 Å². The van der Waals surface area contributed by atoms with Gasteiger partial charge in [0.1, 0.15) is 0 Å². The molecule has 0 amide bonds. The van der Waals surface area contributed by atoms with E-state index in [1.165, 1.54) is 65.7 Å². The molecule has 0 unspecified atom stereocenters. The van der Waals surface area contributed by atoms with Gasteiger partial charge in [-0.15, -0.1) is 0 Å². The van der Waals surface area contributed by atoms with Gasteiger partial charge in [-0.25, -0.2) is 0 Å². The van der Waals surface area contributed by atoms with Crippen molar-refractivity contribution in [3.05, 3.63) is 127 Å². The molecule has 0 bridgehead atoms. The lowest BCUT2D eigenvalue weighted by Gasteiger charge is -2.18. The van der Waals surface area contributed by atoms with Gasteiger partial charge < -0.3 is 0 Å². The van der Waals surface area contributed by atoms with E-state index in [0.717, 1.165) is 0 Å². The van der Waals surface area contributed by atoms with Gasteiger partial charge >= 0.3 is 0 Å². The van der Waals surface area contributed by atoms with E-state index in [4.69, 9.17) is 0 Å². The molecule has 6 aromatic carbocycles. The van der Waals surface area contributed by atoms with Crippen molar-refractivity contribution >= 4 is 38.4 Å². The highest BCUT2D eigenvalue weighted by Gasteiger charge is 2.16. The number of hydrogen-bond acceptors (Lipinski definition) is 0. The second-order valence-corrected chi connectivity index (χ2v) is 8.68. The van der Waals surface area contributed by atoms with Crippen LogP contribution in [0.5, 0.6) is 0 Å². The maximum absolute atomic E-state index is 4.03. The summed E-state index contributed by atoms with van der Waals surface area (Å²) in [5.74, 6) is 0. The van der Waals surface area contributed by atoms with E-state index in [1.54, 1.807) is 0 Å². The zero-order valence-electron chi connectivity index (χ0n) is 18.7. The number of benzene rings is 6. The molecular formula is C33H24. The average molecular weight is 421 g/mol. The highest BCUT2D eigenvalue weighted by molar-refractivity contribution is 6.21. The van der Waals surface area contributed by atoms with E-state index in [9.17, 15) is 0 Å². The Hall–Kier alpha value is -4.16. The first-order chi connectivity index (χ1) is 16.2. The van der Waals surface area contributed by atoms with E-state index in [1.807, 2.05) is 6.08 Å². The molecule has 0 aliphatic rings. The SMILES string of the molecule is C=Cc1cc(-c2c3ccccc3c(-c3ccc4ccccc4c3)c3ccccc23)ccc1C. The number of rotatable bonds is 3. The predicted octanol–water partition coefficient (Wildman–Crippen LogP) is 9.43. The van der Waals surface area contributed by atoms with Crippen LogP contribution < -0.4 is 0 Å². The number of aryl methyl sites for hydroxylation is 1. The lowest BCUT2D eigenvalue weighted by Crippen LogP contribution is -1.92. The van der Waals surface area contributed by atoms with E-state index < -0.39 is 0 Å². The van der Waals surface area contributed by atoms with E-state index in [2.05, 4.69) is 123 Å². The van der Waals surface area contributed by atoms with E-state index >= 15 is 0 Å². The molecule has 0 aliphatic carbocycles. The van der Waals surface area contributed by atoms with Crippen molar-refractivity contribution in [2.24, 2.45) is 0 Å². The fourth-order valence-corrected chi connectivity index (χ4v) is 5.11. The molecule has 0 N–H and O–H groups in total. The molecule has 0 aliphatic heterocycles. The Labute approximate surface area is 194 Å². The maximum atomic E-state index is 4.03. The summed E-state index contributed by atoms with van der Waals surface area (Å²) in [5, 5.41) is 7.64. The Morgan fingerprint density at radius 1 is 0.515 bits per heavy atom. The normalized spacial score (nSPS) is 11.3. The predicted molar refractivity (Wildman–Crippen MR) is 145 cm³/mol. The molecule has 0 saturated carbocycles. The van der Waals surface area contributed by atoms with Gasteiger partial charge in [0.05, 0.1) is 0 Å². The van der Waals surface area contributed by atoms with Gasteiger partial charge in [0.15, 0.2) is 0 Å². The minimum absolute atomic E-state index is 1.18. The number of hydrogen-bond donors (Lipinski definition) is 0. The van der Waals surface area contributed by atoms with Gasteiger partial charge in [-0.2, -0.15) is 0 Å². The lowest BCUT2D eigenvalue weighted by molar-refractivity contribution is 1.45. The largest absolute Gasteiger partial charge is 0.0985 e. The van der Waals surface area contributed by atoms with Crippen LogP contribution in [-0.2, 0) is 0 Å². The summed E-state index contributed by atoms with van der Waals surface area (Å²) >= 11 is 0. The van der Waals surface area contributed by atoms with Crippen LogP contribution in [0.15, 0.2) is 116 Å². The fraction of sp³-hybridized carbons (Fsp3) is 0.0303. The second kappa shape index (κ2) is 7.76. The van der Waals surface area contributed by atoms with Crippen molar-refractivity contribution in [1.29, 1.82) is 0 Å². The van der Waals surface area contributed by atoms with Gasteiger partial charge in [-0.3, -0.25) is 0 Å². The van der Waals surface area contributed by atoms with Gasteiger partial charge in [0.2, 0.25) is 0 Å². The number of fused-ring (bicyclic) bond motifs is 3. The summed E-state index contributed by atoms with van der Waals surface area (Å²) < 4.78 is 0. The van der Waals surface area contributed by atoms with E-state index in [0.29, 0.717) is 0 Å². The van der Waals surface area contributed by atoms with Crippen LogP contribution >= 0.6 is 0 Å². The summed E-state index contributed by atoms with van der Waals surface area (Å²) in [5.41, 5.74) is 7.49. The fourth-order valence-electron chi connectivity index (χ4n) is 5.11. The Bertz CT molecular complexity index is 1630. The summed E-state index contributed by atoms with van der Waals surface area (Å²) in [6, 6.07) is 39.7. The van der Waals surface area contributed by atoms with Crippen LogP contribution in [0.3, 0.4) is 0 Å². The van der Waals surface area contributed by atoms with Crippen LogP contribution in [0.1, 0.15) is 11.1 Å². The minimum atomic E-state index is 1.18. The molecule has 6 aromatic rings. The molecular weight excluding hydrogens is 396 g/mol. The molecule has 0 spiro atoms. The maximum Gasteiger partial charge on any atom is -0.00262 e. The van der Waals surface area contributed by atoms with E-state index in [-0.39, 0.29) is 0 Å². The molecule has 0 saturated heterocycles. The topological polar surface area (TPSA) is 0 Å². The average Bonchev–Trinajstić information content (AvgIpc) is 2.87. The first-order valence-corrected chi connectivity index (χ1v) is 11.4. The molecule has 0 fully saturated rings. The highest BCUT2D eigenvalue weighted by Crippen LogP contribution is 2.44. The van der Waals surface area contributed by atoms with Crippen molar-refractivity contribution in [2.45, 2.75) is 6.92 Å². The van der Waals surface area contributed by atoms with Crippen molar-refractivity contribution in [3.8, 4) is 22.3 Å². The van der Waals surface area contributed by atoms with Crippen LogP contribution in [0.4, 0.5) is 0 Å². The van der Waals surface area contributed by atoms with Gasteiger partial charge in [0, 0.05) is 0 Å². The standard InChI is InChI=1S/C33H24/c1-3-23-20-26(17-16-22(23)2)32-28-12-6-8-14-30(28)33(31-15-9-7-13-29(31)32)27-19-18-24-10-4-5-11-25(24)21-27/h3-21H,1H2,2H3. The first kappa shape index (κ1) is 19.5. The van der Waals surface area contributed by atoms with Crippen molar-refractivity contribution < 1.29 is 0 Å². The molecule has 0 heterocycles. The summed E-state index contributed by atoms with van der Waals surface area (Å²) in [7, 11) is 0. The minimum Gasteiger partial charge on any atom is -0.0985 e. The van der Waals surface area contributed by atoms with Crippen LogP contribution in [0, 0.1) is 6.92 Å². The molecule has 0 atom stereocenters. The third kappa shape index (κ3) is 3.15. The monoisotopic (exact) mass is 420 g/mol. The summed E-state index contributed by atoms with van der Waals surface area (Å²) in [4.78, 5) is 0. The third-order valence-electron chi connectivity index (χ3n) is 6.76. The third-order valence-corrected chi connectivity index (χ3v) is 6.76. The Morgan fingerprint density at radius 3 is 1.58 bits per heavy atom. The zero-order valence-corrected chi connectivity index (χ0v) is 18.7. The Kier molecular flexibility index (Phi) is 4.59. The molecule has 0 nitrogen and oxygen atoms in total. The van der Waals surface area contributed by atoms with Crippen molar-refractivity contribution in [3.63, 3.8) is 0 Å². The lowest BCUT2D eigenvalue weighted by atomic mass is 9.85. The molecule has 156 valence electrons. The molecule has 33 heavy (non-hydrogen) atoms. The van der Waals surface area contributed by atoms with Crippen LogP contribution in [0.2, 0.25) is 0 Å². The van der Waals surface area contributed by atoms with Crippen molar-refractivity contribution in [1.82, 2.24) is 0 Å². The molecule has 0 radical (unpaired) electrons. The van der Waals surface area contributed by atoms with Gasteiger partial charge in [-0.1, -0.05) is 110 Å². The Balaban J connectivity index is 1.76. The summed E-state index contributed by atoms with van der Waals surface area (Å²) in [6.07, 6.45) is 1.95. The van der Waals surface area contributed by atoms with Crippen molar-refractivity contribution in [2.75, 3.05) is 0 Å². The zero-order chi connectivity index (χ0) is 22.4. The molecule has 0 aromatic heterocycles. The molecule has 0 heteroatoms. The highest BCUT2D eigenvalue weighted by atomic mass is 14.2. The first-order valence-electron chi connectivity index (χ1n) is 11.4. The Morgan fingerprint density at radius 2 is 1.00 bits per heavy atom. The quantitative estimate of drug-likeness (QED) is 0.250. The smallest absolute Gasteiger partial charge is 0.00262 e.